The molecular weight excluding hydrogens is 278 g/mol. The van der Waals surface area contributed by atoms with Crippen molar-refractivity contribution in [2.75, 3.05) is 11.4 Å². The van der Waals surface area contributed by atoms with E-state index in [0.717, 1.165) is 18.9 Å². The van der Waals surface area contributed by atoms with Crippen LogP contribution in [0.25, 0.3) is 0 Å². The number of aryl methyl sites for hydroxylation is 1. The van der Waals surface area contributed by atoms with Crippen LogP contribution in [0.15, 0.2) is 0 Å². The Morgan fingerprint density at radius 3 is 2.52 bits per heavy atom. The Morgan fingerprint density at radius 1 is 1.29 bits per heavy atom. The van der Waals surface area contributed by atoms with E-state index >= 15 is 0 Å². The molecule has 1 aromatic rings. The molecule has 0 saturated heterocycles. The Bertz CT molecular complexity index is 435. The molecule has 0 bridgehead atoms. The normalized spacial score (nSPS) is 15.2. The van der Waals surface area contributed by atoms with Crippen LogP contribution in [0.2, 0.25) is 0 Å². The second-order valence-corrected chi connectivity index (χ2v) is 7.90. The van der Waals surface area contributed by atoms with Gasteiger partial charge in [0.2, 0.25) is 0 Å². The maximum absolute atomic E-state index is 4.98. The molecule has 120 valence electrons. The van der Waals surface area contributed by atoms with E-state index in [-0.39, 0.29) is 0 Å². The minimum Gasteiger partial charge on any atom is -0.345 e. The Balaban J connectivity index is 2.14. The lowest BCUT2D eigenvalue weighted by Gasteiger charge is -2.26. The van der Waals surface area contributed by atoms with E-state index in [1.807, 2.05) is 11.3 Å². The van der Waals surface area contributed by atoms with Gasteiger partial charge in [0.15, 0.2) is 5.13 Å². The van der Waals surface area contributed by atoms with Crippen molar-refractivity contribution < 1.29 is 0 Å². The summed E-state index contributed by atoms with van der Waals surface area (Å²) in [5.74, 6) is 0.906. The zero-order valence-corrected chi connectivity index (χ0v) is 15.1. The number of hydrogen-bond donors (Lipinski definition) is 1. The zero-order valence-electron chi connectivity index (χ0n) is 14.3. The molecular formula is C17H31N3S. The number of nitrogens with zero attached hydrogens (tertiary/aromatic N) is 2. The first-order chi connectivity index (χ1) is 10.0. The van der Waals surface area contributed by atoms with Crippen molar-refractivity contribution in [3.05, 3.63) is 10.6 Å². The quantitative estimate of drug-likeness (QED) is 0.740. The summed E-state index contributed by atoms with van der Waals surface area (Å²) in [6, 6.07) is 1.06. The molecule has 1 aromatic heterocycles. The Kier molecular flexibility index (Phi) is 6.06. The van der Waals surface area contributed by atoms with Gasteiger partial charge < -0.3 is 10.2 Å². The zero-order chi connectivity index (χ0) is 15.4. The Hall–Kier alpha value is -0.610. The number of hydrogen-bond acceptors (Lipinski definition) is 4. The highest BCUT2D eigenvalue weighted by molar-refractivity contribution is 7.15. The summed E-state index contributed by atoms with van der Waals surface area (Å²) < 4.78 is 0. The van der Waals surface area contributed by atoms with E-state index < -0.39 is 0 Å². The van der Waals surface area contributed by atoms with Gasteiger partial charge in [-0.15, -0.1) is 11.3 Å². The summed E-state index contributed by atoms with van der Waals surface area (Å²) in [5.41, 5.74) is 1.31. The predicted octanol–water partition coefficient (Wildman–Crippen LogP) is 4.22. The van der Waals surface area contributed by atoms with Crippen molar-refractivity contribution in [2.24, 2.45) is 5.92 Å². The van der Waals surface area contributed by atoms with E-state index in [1.54, 1.807) is 0 Å². The van der Waals surface area contributed by atoms with Crippen LogP contribution >= 0.6 is 11.3 Å². The van der Waals surface area contributed by atoms with Crippen LogP contribution in [0.4, 0.5) is 5.13 Å². The number of aromatic nitrogens is 1. The summed E-state index contributed by atoms with van der Waals surface area (Å²) in [6.07, 6.45) is 5.07. The molecule has 21 heavy (non-hydrogen) atoms. The lowest BCUT2D eigenvalue weighted by atomic mass is 10.2. The van der Waals surface area contributed by atoms with Gasteiger partial charge in [-0.2, -0.15) is 0 Å². The molecule has 1 aliphatic rings. The standard InChI is InChI=1S/C17H31N3S/c1-6-7-15-16(10-18-12(2)3)21-17(19-15)20(13(4)5)11-14-8-9-14/h12-14,18H,6-11H2,1-5H3. The van der Waals surface area contributed by atoms with Crippen LogP contribution in [0.3, 0.4) is 0 Å². The lowest BCUT2D eigenvalue weighted by Crippen LogP contribution is -2.32. The number of thiazole rings is 1. The van der Waals surface area contributed by atoms with E-state index in [1.165, 1.54) is 41.5 Å². The highest BCUT2D eigenvalue weighted by atomic mass is 32.1. The highest BCUT2D eigenvalue weighted by Crippen LogP contribution is 2.35. The molecule has 0 radical (unpaired) electrons. The monoisotopic (exact) mass is 309 g/mol. The van der Waals surface area contributed by atoms with E-state index in [4.69, 9.17) is 4.98 Å². The van der Waals surface area contributed by atoms with E-state index in [9.17, 15) is 0 Å². The first kappa shape index (κ1) is 16.8. The van der Waals surface area contributed by atoms with Gasteiger partial charge in [-0.1, -0.05) is 27.2 Å². The molecule has 1 fully saturated rings. The van der Waals surface area contributed by atoms with Gasteiger partial charge in [-0.3, -0.25) is 0 Å². The van der Waals surface area contributed by atoms with Crippen LogP contribution in [-0.4, -0.2) is 23.6 Å². The SMILES string of the molecule is CCCc1nc(N(CC2CC2)C(C)C)sc1CNC(C)C. The molecule has 0 atom stereocenters. The fourth-order valence-electron chi connectivity index (χ4n) is 2.45. The molecule has 3 nitrogen and oxygen atoms in total. The summed E-state index contributed by atoms with van der Waals surface area (Å²) in [7, 11) is 0. The fourth-order valence-corrected chi connectivity index (χ4v) is 3.65. The average molecular weight is 310 g/mol. The van der Waals surface area contributed by atoms with E-state index in [0.29, 0.717) is 12.1 Å². The molecule has 1 heterocycles. The van der Waals surface area contributed by atoms with Gasteiger partial charge in [0.05, 0.1) is 5.69 Å². The van der Waals surface area contributed by atoms with Gasteiger partial charge >= 0.3 is 0 Å². The van der Waals surface area contributed by atoms with Crippen molar-refractivity contribution in [2.45, 2.75) is 78.9 Å². The van der Waals surface area contributed by atoms with Gasteiger partial charge in [-0.25, -0.2) is 4.98 Å². The Morgan fingerprint density at radius 2 is 2.00 bits per heavy atom. The second kappa shape index (κ2) is 7.59. The van der Waals surface area contributed by atoms with Crippen molar-refractivity contribution >= 4 is 16.5 Å². The fraction of sp³-hybridized carbons (Fsp3) is 0.824. The van der Waals surface area contributed by atoms with Crippen molar-refractivity contribution in [3.63, 3.8) is 0 Å². The molecule has 0 aliphatic heterocycles. The van der Waals surface area contributed by atoms with Gasteiger partial charge in [0, 0.05) is 30.1 Å². The van der Waals surface area contributed by atoms with Gasteiger partial charge in [-0.05, 0) is 39.0 Å². The molecule has 1 aliphatic carbocycles. The van der Waals surface area contributed by atoms with Crippen LogP contribution in [0, 0.1) is 5.92 Å². The third kappa shape index (κ3) is 4.96. The third-order valence-electron chi connectivity index (χ3n) is 3.95. The Labute approximate surface area is 134 Å². The van der Waals surface area contributed by atoms with Crippen LogP contribution < -0.4 is 10.2 Å². The van der Waals surface area contributed by atoms with Crippen molar-refractivity contribution in [1.29, 1.82) is 0 Å². The summed E-state index contributed by atoms with van der Waals surface area (Å²) in [4.78, 5) is 8.93. The van der Waals surface area contributed by atoms with Crippen LogP contribution in [0.5, 0.6) is 0 Å². The second-order valence-electron chi connectivity index (χ2n) is 6.84. The predicted molar refractivity (Wildman–Crippen MR) is 93.3 cm³/mol. The number of rotatable bonds is 9. The third-order valence-corrected chi connectivity index (χ3v) is 5.08. The molecule has 0 spiro atoms. The number of anilines is 1. The average Bonchev–Trinajstić information content (AvgIpc) is 3.15. The minimum absolute atomic E-state index is 0.526. The smallest absolute Gasteiger partial charge is 0.186 e. The first-order valence-corrected chi connectivity index (χ1v) is 9.31. The summed E-state index contributed by atoms with van der Waals surface area (Å²) in [5, 5.41) is 4.78. The topological polar surface area (TPSA) is 28.2 Å². The van der Waals surface area contributed by atoms with E-state index in [2.05, 4.69) is 44.8 Å². The van der Waals surface area contributed by atoms with Crippen molar-refractivity contribution in [3.8, 4) is 0 Å². The van der Waals surface area contributed by atoms with Crippen molar-refractivity contribution in [1.82, 2.24) is 10.3 Å². The lowest BCUT2D eigenvalue weighted by molar-refractivity contribution is 0.589. The summed E-state index contributed by atoms with van der Waals surface area (Å²) in [6.45, 7) is 13.4. The molecule has 0 amide bonds. The van der Waals surface area contributed by atoms with Crippen LogP contribution in [-0.2, 0) is 13.0 Å². The van der Waals surface area contributed by atoms with Gasteiger partial charge in [0.25, 0.3) is 0 Å². The molecule has 0 unspecified atom stereocenters. The summed E-state index contributed by atoms with van der Waals surface area (Å²) >= 11 is 1.90. The molecule has 1 N–H and O–H groups in total. The maximum atomic E-state index is 4.98. The molecule has 1 saturated carbocycles. The minimum atomic E-state index is 0.526. The van der Waals surface area contributed by atoms with Crippen LogP contribution in [0.1, 0.15) is 64.5 Å². The molecule has 4 heteroatoms. The maximum Gasteiger partial charge on any atom is 0.186 e. The highest BCUT2D eigenvalue weighted by Gasteiger charge is 2.27. The largest absolute Gasteiger partial charge is 0.345 e. The number of nitrogens with one attached hydrogen (secondary N) is 1. The molecule has 0 aromatic carbocycles. The van der Waals surface area contributed by atoms with Gasteiger partial charge in [0.1, 0.15) is 0 Å². The molecule has 2 rings (SSSR count). The first-order valence-electron chi connectivity index (χ1n) is 8.49.